The van der Waals surface area contributed by atoms with Gasteiger partial charge in [-0.05, 0) is 13.1 Å². The predicted octanol–water partition coefficient (Wildman–Crippen LogP) is 1.94. The van der Waals surface area contributed by atoms with Gasteiger partial charge in [-0.2, -0.15) is 0 Å². The van der Waals surface area contributed by atoms with Crippen LogP contribution in [0.4, 0.5) is 0 Å². The zero-order chi connectivity index (χ0) is 14.5. The maximum atomic E-state index is 5.51. The van der Waals surface area contributed by atoms with E-state index in [2.05, 4.69) is 10.3 Å². The van der Waals surface area contributed by atoms with Crippen LogP contribution in [0.2, 0.25) is 0 Å². The van der Waals surface area contributed by atoms with Crippen molar-refractivity contribution < 1.29 is 9.47 Å². The molecular weight excluding hydrogens is 254 g/mol. The third-order valence-corrected chi connectivity index (χ3v) is 3.46. The van der Waals surface area contributed by atoms with Gasteiger partial charge in [-0.3, -0.25) is 0 Å². The summed E-state index contributed by atoms with van der Waals surface area (Å²) in [5.74, 6) is 2.53. The Balaban J connectivity index is 2.34. The van der Waals surface area contributed by atoms with Gasteiger partial charge in [0.15, 0.2) is 11.5 Å². The molecule has 1 aromatic heterocycles. The van der Waals surface area contributed by atoms with Gasteiger partial charge in [0.05, 0.1) is 14.2 Å². The minimum absolute atomic E-state index is 0.112. The number of nitrogens with zero attached hydrogens (tertiary/aromatic N) is 2. The molecule has 0 aliphatic heterocycles. The monoisotopic (exact) mass is 275 g/mol. The molecule has 2 aromatic rings. The summed E-state index contributed by atoms with van der Waals surface area (Å²) in [5.41, 5.74) is 1.07. The molecule has 0 bridgehead atoms. The van der Waals surface area contributed by atoms with E-state index in [1.165, 1.54) is 0 Å². The number of hydrogen-bond donors (Lipinski definition) is 1. The van der Waals surface area contributed by atoms with Gasteiger partial charge in [0.1, 0.15) is 5.82 Å². The smallest absolute Gasteiger partial charge is 0.165 e. The van der Waals surface area contributed by atoms with Crippen LogP contribution in [-0.4, -0.2) is 30.8 Å². The van der Waals surface area contributed by atoms with Gasteiger partial charge in [-0.1, -0.05) is 12.1 Å². The number of imidazole rings is 1. The van der Waals surface area contributed by atoms with Crippen LogP contribution in [0.5, 0.6) is 11.5 Å². The molecule has 0 fully saturated rings. The number of ether oxygens (including phenoxy) is 2. The summed E-state index contributed by atoms with van der Waals surface area (Å²) < 4.78 is 12.9. The maximum absolute atomic E-state index is 5.51. The van der Waals surface area contributed by atoms with E-state index in [0.717, 1.165) is 29.3 Å². The molecule has 0 spiro atoms. The fourth-order valence-electron chi connectivity index (χ4n) is 2.33. The van der Waals surface area contributed by atoms with E-state index in [4.69, 9.17) is 9.47 Å². The van der Waals surface area contributed by atoms with Gasteiger partial charge >= 0.3 is 0 Å². The number of benzene rings is 1. The van der Waals surface area contributed by atoms with Crippen molar-refractivity contribution in [1.29, 1.82) is 0 Å². The first-order valence-corrected chi connectivity index (χ1v) is 6.55. The van der Waals surface area contributed by atoms with Crippen LogP contribution in [0.1, 0.15) is 17.4 Å². The predicted molar refractivity (Wildman–Crippen MR) is 78.3 cm³/mol. The molecule has 20 heavy (non-hydrogen) atoms. The van der Waals surface area contributed by atoms with E-state index in [0.29, 0.717) is 0 Å². The highest BCUT2D eigenvalue weighted by molar-refractivity contribution is 5.48. The minimum Gasteiger partial charge on any atom is -0.493 e. The first-order chi connectivity index (χ1) is 9.71. The Labute approximate surface area is 119 Å². The average molecular weight is 275 g/mol. The lowest BCUT2D eigenvalue weighted by molar-refractivity contribution is 0.347. The molecule has 0 aliphatic carbocycles. The van der Waals surface area contributed by atoms with Crippen molar-refractivity contribution in [2.45, 2.75) is 12.5 Å². The molecular formula is C15H21N3O2. The Hall–Kier alpha value is -2.01. The molecule has 0 saturated carbocycles. The number of methoxy groups -OCH3 is 2. The summed E-state index contributed by atoms with van der Waals surface area (Å²) in [5, 5.41) is 3.32. The number of para-hydroxylation sites is 1. The van der Waals surface area contributed by atoms with E-state index in [-0.39, 0.29) is 6.04 Å². The van der Waals surface area contributed by atoms with Crippen LogP contribution in [-0.2, 0) is 13.5 Å². The second-order valence-corrected chi connectivity index (χ2v) is 4.58. The number of aryl methyl sites for hydroxylation is 1. The Morgan fingerprint density at radius 3 is 2.65 bits per heavy atom. The summed E-state index contributed by atoms with van der Waals surface area (Å²) in [6, 6.07) is 6.03. The highest BCUT2D eigenvalue weighted by Gasteiger charge is 2.19. The van der Waals surface area contributed by atoms with Crippen molar-refractivity contribution in [1.82, 2.24) is 14.9 Å². The summed E-state index contributed by atoms with van der Waals surface area (Å²) in [4.78, 5) is 4.38. The third-order valence-electron chi connectivity index (χ3n) is 3.46. The quantitative estimate of drug-likeness (QED) is 0.875. The van der Waals surface area contributed by atoms with E-state index in [9.17, 15) is 0 Å². The van der Waals surface area contributed by atoms with Gasteiger partial charge in [-0.25, -0.2) is 4.98 Å². The molecule has 1 N–H and O–H groups in total. The molecule has 1 atom stereocenters. The molecule has 0 amide bonds. The number of rotatable bonds is 6. The van der Waals surface area contributed by atoms with Gasteiger partial charge in [0.25, 0.3) is 0 Å². The van der Waals surface area contributed by atoms with E-state index in [1.807, 2.05) is 49.3 Å². The molecule has 1 aromatic carbocycles. The highest BCUT2D eigenvalue weighted by Crippen LogP contribution is 2.35. The zero-order valence-electron chi connectivity index (χ0n) is 12.4. The Morgan fingerprint density at radius 1 is 1.30 bits per heavy atom. The van der Waals surface area contributed by atoms with Crippen molar-refractivity contribution in [2.75, 3.05) is 21.3 Å². The number of aromatic nitrogens is 2. The maximum Gasteiger partial charge on any atom is 0.165 e. The standard InChI is InChI=1S/C15H21N3O2/c1-16-12(10-14-17-8-9-18(14)2)11-6-5-7-13(19-3)15(11)20-4/h5-9,12,16H,10H2,1-4H3. The molecule has 5 nitrogen and oxygen atoms in total. The van der Waals surface area contributed by atoms with Crippen molar-refractivity contribution in [3.05, 3.63) is 42.0 Å². The molecule has 2 rings (SSSR count). The van der Waals surface area contributed by atoms with Crippen molar-refractivity contribution in [3.63, 3.8) is 0 Å². The molecule has 1 unspecified atom stereocenters. The van der Waals surface area contributed by atoms with Crippen LogP contribution in [0.15, 0.2) is 30.6 Å². The molecule has 0 saturated heterocycles. The zero-order valence-corrected chi connectivity index (χ0v) is 12.4. The Kier molecular flexibility index (Phi) is 4.63. The fourth-order valence-corrected chi connectivity index (χ4v) is 2.33. The Bertz CT molecular complexity index is 566. The highest BCUT2D eigenvalue weighted by atomic mass is 16.5. The SMILES string of the molecule is CNC(Cc1nccn1C)c1cccc(OC)c1OC. The lowest BCUT2D eigenvalue weighted by atomic mass is 10.0. The first-order valence-electron chi connectivity index (χ1n) is 6.55. The van der Waals surface area contributed by atoms with E-state index < -0.39 is 0 Å². The van der Waals surface area contributed by atoms with Gasteiger partial charge in [-0.15, -0.1) is 0 Å². The van der Waals surface area contributed by atoms with Gasteiger partial charge in [0, 0.05) is 37.5 Å². The van der Waals surface area contributed by atoms with Gasteiger partial charge < -0.3 is 19.4 Å². The lowest BCUT2D eigenvalue weighted by Gasteiger charge is -2.20. The van der Waals surface area contributed by atoms with Gasteiger partial charge in [0.2, 0.25) is 0 Å². The van der Waals surface area contributed by atoms with E-state index in [1.54, 1.807) is 14.2 Å². The number of likely N-dealkylation sites (N-methyl/N-ethyl adjacent to an activating group) is 1. The van der Waals surface area contributed by atoms with E-state index >= 15 is 0 Å². The second-order valence-electron chi connectivity index (χ2n) is 4.58. The summed E-state index contributed by atoms with van der Waals surface area (Å²) >= 11 is 0. The van der Waals surface area contributed by atoms with Crippen molar-refractivity contribution in [2.24, 2.45) is 7.05 Å². The molecule has 0 radical (unpaired) electrons. The third kappa shape index (κ3) is 2.77. The van der Waals surface area contributed by atoms with Crippen LogP contribution >= 0.6 is 0 Å². The van der Waals surface area contributed by atoms with Crippen molar-refractivity contribution >= 4 is 0 Å². The normalized spacial score (nSPS) is 12.2. The lowest BCUT2D eigenvalue weighted by Crippen LogP contribution is -2.21. The molecule has 0 aliphatic rings. The summed E-state index contributed by atoms with van der Waals surface area (Å²) in [7, 11) is 7.24. The minimum atomic E-state index is 0.112. The van der Waals surface area contributed by atoms with Crippen LogP contribution in [0, 0.1) is 0 Å². The summed E-state index contributed by atoms with van der Waals surface area (Å²) in [6.07, 6.45) is 4.54. The molecule has 108 valence electrons. The van der Waals surface area contributed by atoms with Crippen LogP contribution in [0.25, 0.3) is 0 Å². The fraction of sp³-hybridized carbons (Fsp3) is 0.400. The molecule has 1 heterocycles. The summed E-state index contributed by atoms with van der Waals surface area (Å²) in [6.45, 7) is 0. The molecule has 5 heteroatoms. The second kappa shape index (κ2) is 6.43. The Morgan fingerprint density at radius 2 is 2.10 bits per heavy atom. The number of nitrogens with one attached hydrogen (secondary N) is 1. The van der Waals surface area contributed by atoms with Crippen LogP contribution in [0.3, 0.4) is 0 Å². The largest absolute Gasteiger partial charge is 0.493 e. The topological polar surface area (TPSA) is 48.3 Å². The van der Waals surface area contributed by atoms with Crippen LogP contribution < -0.4 is 14.8 Å². The van der Waals surface area contributed by atoms with Crippen molar-refractivity contribution in [3.8, 4) is 11.5 Å². The average Bonchev–Trinajstić information content (AvgIpc) is 2.88. The number of hydrogen-bond acceptors (Lipinski definition) is 4. The first kappa shape index (κ1) is 14.4.